The number of hydrogen-bond acceptors (Lipinski definition) is 2. The number of benzene rings is 1. The molecule has 0 amide bonds. The average Bonchev–Trinajstić information content (AvgIpc) is 2.53. The fraction of sp³-hybridized carbons (Fsp3) is 0.647. The lowest BCUT2D eigenvalue weighted by molar-refractivity contribution is -0.138. The van der Waals surface area contributed by atoms with Crippen LogP contribution >= 0.6 is 0 Å². The van der Waals surface area contributed by atoms with E-state index in [4.69, 9.17) is 0 Å². The van der Waals surface area contributed by atoms with E-state index < -0.39 is 24.3 Å². The molecule has 1 aliphatic heterocycles. The van der Waals surface area contributed by atoms with E-state index in [-0.39, 0.29) is 31.1 Å². The van der Waals surface area contributed by atoms with Crippen molar-refractivity contribution < 1.29 is 26.3 Å². The zero-order chi connectivity index (χ0) is 18.5. The summed E-state index contributed by atoms with van der Waals surface area (Å²) in [7, 11) is 0. The third kappa shape index (κ3) is 6.51. The lowest BCUT2D eigenvalue weighted by Crippen LogP contribution is -2.43. The second kappa shape index (κ2) is 8.40. The van der Waals surface area contributed by atoms with Gasteiger partial charge in [-0.2, -0.15) is 26.3 Å². The van der Waals surface area contributed by atoms with Gasteiger partial charge in [-0.15, -0.1) is 0 Å². The van der Waals surface area contributed by atoms with Crippen molar-refractivity contribution in [3.05, 3.63) is 35.4 Å². The van der Waals surface area contributed by atoms with Gasteiger partial charge >= 0.3 is 12.4 Å². The zero-order valence-electron chi connectivity index (χ0n) is 13.8. The molecule has 1 aromatic rings. The summed E-state index contributed by atoms with van der Waals surface area (Å²) in [6.45, 7) is 1.59. The summed E-state index contributed by atoms with van der Waals surface area (Å²) in [5.74, 6) is 0. The van der Waals surface area contributed by atoms with Crippen LogP contribution in [0, 0.1) is 0 Å². The highest BCUT2D eigenvalue weighted by Crippen LogP contribution is 2.33. The largest absolute Gasteiger partial charge is 0.416 e. The van der Waals surface area contributed by atoms with Gasteiger partial charge in [0.05, 0.1) is 5.56 Å². The molecule has 1 fully saturated rings. The molecule has 1 N–H and O–H groups in total. The van der Waals surface area contributed by atoms with Crippen LogP contribution in [-0.4, -0.2) is 36.8 Å². The number of piperidine rings is 1. The SMILES string of the molecule is FC(F)(F)CCCN(Cc1ccccc1C(F)(F)F)C1CCNCC1. The normalized spacial score (nSPS) is 17.2. The zero-order valence-corrected chi connectivity index (χ0v) is 13.8. The van der Waals surface area contributed by atoms with E-state index >= 15 is 0 Å². The minimum atomic E-state index is -4.47. The predicted octanol–water partition coefficient (Wildman–Crippen LogP) is 4.60. The maximum atomic E-state index is 13.2. The molecule has 0 atom stereocenters. The number of nitrogens with one attached hydrogen (secondary N) is 1. The number of nitrogens with zero attached hydrogens (tertiary/aromatic N) is 1. The quantitative estimate of drug-likeness (QED) is 0.738. The molecule has 8 heteroatoms. The maximum Gasteiger partial charge on any atom is 0.416 e. The van der Waals surface area contributed by atoms with Gasteiger partial charge in [-0.1, -0.05) is 18.2 Å². The van der Waals surface area contributed by atoms with Gasteiger partial charge in [0.2, 0.25) is 0 Å². The van der Waals surface area contributed by atoms with Crippen molar-refractivity contribution in [3.63, 3.8) is 0 Å². The van der Waals surface area contributed by atoms with E-state index in [9.17, 15) is 26.3 Å². The van der Waals surface area contributed by atoms with Crippen LogP contribution in [0.3, 0.4) is 0 Å². The summed E-state index contributed by atoms with van der Waals surface area (Å²) in [6, 6.07) is 5.27. The van der Waals surface area contributed by atoms with Crippen LogP contribution in [0.2, 0.25) is 0 Å². The van der Waals surface area contributed by atoms with E-state index in [0.29, 0.717) is 0 Å². The van der Waals surface area contributed by atoms with E-state index in [1.54, 1.807) is 4.90 Å². The van der Waals surface area contributed by atoms with Gasteiger partial charge in [-0.05, 0) is 50.5 Å². The van der Waals surface area contributed by atoms with Crippen LogP contribution < -0.4 is 5.32 Å². The molecular weight excluding hydrogens is 346 g/mol. The first-order valence-electron chi connectivity index (χ1n) is 8.33. The first kappa shape index (κ1) is 20.0. The Morgan fingerprint density at radius 1 is 1.00 bits per heavy atom. The fourth-order valence-corrected chi connectivity index (χ4v) is 3.20. The van der Waals surface area contributed by atoms with Crippen molar-refractivity contribution in [1.29, 1.82) is 0 Å². The molecule has 1 aliphatic rings. The minimum Gasteiger partial charge on any atom is -0.317 e. The predicted molar refractivity (Wildman–Crippen MR) is 83.0 cm³/mol. The van der Waals surface area contributed by atoms with E-state index in [2.05, 4.69) is 5.32 Å². The highest BCUT2D eigenvalue weighted by molar-refractivity contribution is 5.29. The molecule has 1 aromatic carbocycles. The maximum absolute atomic E-state index is 13.2. The smallest absolute Gasteiger partial charge is 0.317 e. The monoisotopic (exact) mass is 368 g/mol. The van der Waals surface area contributed by atoms with Gasteiger partial charge in [0, 0.05) is 19.0 Å². The molecule has 0 saturated carbocycles. The molecule has 142 valence electrons. The van der Waals surface area contributed by atoms with Crippen LogP contribution in [0.5, 0.6) is 0 Å². The molecular formula is C17H22F6N2. The average molecular weight is 368 g/mol. The Morgan fingerprint density at radius 3 is 2.24 bits per heavy atom. The van der Waals surface area contributed by atoms with Crippen molar-refractivity contribution >= 4 is 0 Å². The molecule has 0 unspecified atom stereocenters. The van der Waals surface area contributed by atoms with Gasteiger partial charge in [0.25, 0.3) is 0 Å². The second-order valence-corrected chi connectivity index (χ2v) is 6.33. The molecule has 0 aromatic heterocycles. The number of alkyl halides is 6. The van der Waals surface area contributed by atoms with Crippen LogP contribution in [0.15, 0.2) is 24.3 Å². The highest BCUT2D eigenvalue weighted by atomic mass is 19.4. The molecule has 2 rings (SSSR count). The Balaban J connectivity index is 2.12. The standard InChI is InChI=1S/C17H22F6N2/c18-16(19,20)8-3-11-25(14-6-9-24-10-7-14)12-13-4-1-2-5-15(13)17(21,22)23/h1-2,4-5,14,24H,3,6-12H2. The number of halogens is 6. The third-order valence-corrected chi connectivity index (χ3v) is 4.43. The Kier molecular flexibility index (Phi) is 6.73. The molecule has 0 bridgehead atoms. The minimum absolute atomic E-state index is 0.00391. The first-order chi connectivity index (χ1) is 11.7. The molecule has 1 saturated heterocycles. The van der Waals surface area contributed by atoms with Crippen LogP contribution in [0.25, 0.3) is 0 Å². The Hall–Kier alpha value is -1.28. The first-order valence-corrected chi connectivity index (χ1v) is 8.33. The summed E-state index contributed by atoms with van der Waals surface area (Å²) >= 11 is 0. The second-order valence-electron chi connectivity index (χ2n) is 6.33. The Bertz CT molecular complexity index is 535. The number of rotatable bonds is 6. The molecule has 2 nitrogen and oxygen atoms in total. The van der Waals surface area contributed by atoms with Gasteiger partial charge in [-0.3, -0.25) is 4.90 Å². The lowest BCUT2D eigenvalue weighted by Gasteiger charge is -2.35. The van der Waals surface area contributed by atoms with E-state index in [0.717, 1.165) is 32.0 Å². The molecule has 0 aliphatic carbocycles. The van der Waals surface area contributed by atoms with Crippen molar-refractivity contribution in [3.8, 4) is 0 Å². The van der Waals surface area contributed by atoms with Crippen LogP contribution in [0.4, 0.5) is 26.3 Å². The van der Waals surface area contributed by atoms with Crippen molar-refractivity contribution in [2.75, 3.05) is 19.6 Å². The molecule has 1 heterocycles. The third-order valence-electron chi connectivity index (χ3n) is 4.43. The Labute approximate surface area is 143 Å². The molecule has 0 radical (unpaired) electrons. The fourth-order valence-electron chi connectivity index (χ4n) is 3.20. The van der Waals surface area contributed by atoms with Crippen molar-refractivity contribution in [2.45, 2.75) is 50.6 Å². The van der Waals surface area contributed by atoms with Crippen LogP contribution in [0.1, 0.15) is 36.8 Å². The van der Waals surface area contributed by atoms with E-state index in [1.165, 1.54) is 18.2 Å². The number of hydrogen-bond donors (Lipinski definition) is 1. The molecule has 0 spiro atoms. The molecule has 25 heavy (non-hydrogen) atoms. The summed E-state index contributed by atoms with van der Waals surface area (Å²) in [4.78, 5) is 1.77. The van der Waals surface area contributed by atoms with Gasteiger partial charge in [0.1, 0.15) is 0 Å². The van der Waals surface area contributed by atoms with Gasteiger partial charge in [0.15, 0.2) is 0 Å². The van der Waals surface area contributed by atoms with Gasteiger partial charge < -0.3 is 5.32 Å². The summed E-state index contributed by atoms with van der Waals surface area (Å²) in [6.07, 6.45) is -8.30. The summed E-state index contributed by atoms with van der Waals surface area (Å²) in [5, 5.41) is 3.16. The highest BCUT2D eigenvalue weighted by Gasteiger charge is 2.34. The lowest BCUT2D eigenvalue weighted by atomic mass is 10.0. The topological polar surface area (TPSA) is 15.3 Å². The Morgan fingerprint density at radius 2 is 1.64 bits per heavy atom. The summed E-state index contributed by atoms with van der Waals surface area (Å²) < 4.78 is 76.8. The van der Waals surface area contributed by atoms with Crippen molar-refractivity contribution in [2.24, 2.45) is 0 Å². The van der Waals surface area contributed by atoms with Crippen LogP contribution in [-0.2, 0) is 12.7 Å². The summed E-state index contributed by atoms with van der Waals surface area (Å²) in [5.41, 5.74) is -0.606. The van der Waals surface area contributed by atoms with Gasteiger partial charge in [-0.25, -0.2) is 0 Å². The van der Waals surface area contributed by atoms with E-state index in [1.807, 2.05) is 0 Å². The van der Waals surface area contributed by atoms with Crippen molar-refractivity contribution in [1.82, 2.24) is 10.2 Å².